The molecule has 0 atom stereocenters. The predicted octanol–water partition coefficient (Wildman–Crippen LogP) is 4.45. The van der Waals surface area contributed by atoms with Gasteiger partial charge < -0.3 is 4.90 Å². The summed E-state index contributed by atoms with van der Waals surface area (Å²) in [5.74, 6) is 0.502. The molecule has 1 fully saturated rings. The molecule has 1 aliphatic carbocycles. The molecule has 0 radical (unpaired) electrons. The summed E-state index contributed by atoms with van der Waals surface area (Å²) in [5.41, 5.74) is 1.91. The summed E-state index contributed by atoms with van der Waals surface area (Å²) >= 11 is 0. The highest BCUT2D eigenvalue weighted by atomic mass is 32.2. The Hall–Kier alpha value is -2.34. The Kier molecular flexibility index (Phi) is 6.39. The molecule has 0 aromatic heterocycles. The Morgan fingerprint density at radius 2 is 1.68 bits per heavy atom. The van der Waals surface area contributed by atoms with Crippen molar-refractivity contribution >= 4 is 21.6 Å². The summed E-state index contributed by atoms with van der Waals surface area (Å²) in [6, 6.07) is 13.4. The minimum absolute atomic E-state index is 0.0682. The Morgan fingerprint density at radius 1 is 1.04 bits per heavy atom. The molecule has 2 aromatic carbocycles. The van der Waals surface area contributed by atoms with E-state index in [0.717, 1.165) is 12.1 Å². The number of carbonyl (C=O) groups excluding carboxylic acids is 1. The fourth-order valence-corrected chi connectivity index (χ4v) is 4.86. The molecule has 0 aliphatic heterocycles. The van der Waals surface area contributed by atoms with Crippen molar-refractivity contribution < 1.29 is 13.2 Å². The van der Waals surface area contributed by atoms with E-state index in [1.807, 2.05) is 26.1 Å². The van der Waals surface area contributed by atoms with E-state index < -0.39 is 10.0 Å². The normalized spacial score (nSPS) is 15.2. The van der Waals surface area contributed by atoms with Crippen LogP contribution < -0.4 is 4.72 Å². The molecule has 28 heavy (non-hydrogen) atoms. The Bertz CT molecular complexity index is 917. The van der Waals surface area contributed by atoms with Gasteiger partial charge in [0.15, 0.2) is 0 Å². The van der Waals surface area contributed by atoms with E-state index in [1.54, 1.807) is 29.2 Å². The molecule has 0 bridgehead atoms. The standard InChI is InChI=1S/C22H28N2O3S/c1-17-8-6-7-11-21(17)23-28(26,27)20-14-12-19(13-15-20)22(25)24(2)16-18-9-4-3-5-10-18/h6-8,11-15,18,23H,3-5,9-10,16H2,1-2H3. The van der Waals surface area contributed by atoms with Gasteiger partial charge in [-0.15, -0.1) is 0 Å². The molecule has 1 N–H and O–H groups in total. The number of rotatable bonds is 6. The van der Waals surface area contributed by atoms with E-state index in [0.29, 0.717) is 17.2 Å². The maximum absolute atomic E-state index is 12.7. The quantitative estimate of drug-likeness (QED) is 0.779. The second kappa shape index (κ2) is 8.78. The zero-order valence-electron chi connectivity index (χ0n) is 16.5. The molecule has 1 aliphatic rings. The Morgan fingerprint density at radius 3 is 2.32 bits per heavy atom. The fraction of sp³-hybridized carbons (Fsp3) is 0.409. The lowest BCUT2D eigenvalue weighted by Gasteiger charge is -2.27. The van der Waals surface area contributed by atoms with Gasteiger partial charge in [0.25, 0.3) is 15.9 Å². The van der Waals surface area contributed by atoms with Crippen molar-refractivity contribution in [2.45, 2.75) is 43.9 Å². The third-order valence-electron chi connectivity index (χ3n) is 5.40. The summed E-state index contributed by atoms with van der Waals surface area (Å²) < 4.78 is 27.9. The van der Waals surface area contributed by atoms with Crippen molar-refractivity contribution in [3.63, 3.8) is 0 Å². The smallest absolute Gasteiger partial charge is 0.261 e. The molecular formula is C22H28N2O3S. The van der Waals surface area contributed by atoms with Crippen LogP contribution in [0.1, 0.15) is 48.0 Å². The maximum atomic E-state index is 12.7. The number of para-hydroxylation sites is 1. The van der Waals surface area contributed by atoms with Gasteiger partial charge in [-0.25, -0.2) is 8.42 Å². The van der Waals surface area contributed by atoms with Crippen LogP contribution in [0.25, 0.3) is 0 Å². The third kappa shape index (κ3) is 4.93. The van der Waals surface area contributed by atoms with E-state index in [4.69, 9.17) is 0 Å². The van der Waals surface area contributed by atoms with Crippen LogP contribution in [0.3, 0.4) is 0 Å². The molecule has 150 valence electrons. The summed E-state index contributed by atoms with van der Waals surface area (Å²) in [6.07, 6.45) is 6.14. The number of hydrogen-bond donors (Lipinski definition) is 1. The number of hydrogen-bond acceptors (Lipinski definition) is 3. The minimum atomic E-state index is -3.70. The molecule has 0 spiro atoms. The van der Waals surface area contributed by atoms with Crippen molar-refractivity contribution in [3.05, 3.63) is 59.7 Å². The van der Waals surface area contributed by atoms with E-state index in [2.05, 4.69) is 4.72 Å². The van der Waals surface area contributed by atoms with Crippen LogP contribution in [0.15, 0.2) is 53.4 Å². The van der Waals surface area contributed by atoms with E-state index in [-0.39, 0.29) is 10.8 Å². The summed E-state index contributed by atoms with van der Waals surface area (Å²) in [4.78, 5) is 14.6. The highest BCUT2D eigenvalue weighted by molar-refractivity contribution is 7.92. The fourth-order valence-electron chi connectivity index (χ4n) is 3.73. The highest BCUT2D eigenvalue weighted by Gasteiger charge is 2.20. The van der Waals surface area contributed by atoms with Gasteiger partial charge in [-0.2, -0.15) is 0 Å². The molecule has 2 aromatic rings. The Balaban J connectivity index is 1.68. The zero-order chi connectivity index (χ0) is 20.1. The zero-order valence-corrected chi connectivity index (χ0v) is 17.3. The summed E-state index contributed by atoms with van der Waals surface area (Å²) in [7, 11) is -1.88. The van der Waals surface area contributed by atoms with Crippen LogP contribution in [0, 0.1) is 12.8 Å². The topological polar surface area (TPSA) is 66.5 Å². The number of nitrogens with one attached hydrogen (secondary N) is 1. The van der Waals surface area contributed by atoms with Gasteiger partial charge in [0, 0.05) is 19.2 Å². The van der Waals surface area contributed by atoms with Gasteiger partial charge in [-0.1, -0.05) is 37.5 Å². The average Bonchev–Trinajstić information content (AvgIpc) is 2.70. The lowest BCUT2D eigenvalue weighted by Crippen LogP contribution is -2.32. The van der Waals surface area contributed by atoms with Gasteiger partial charge in [0.2, 0.25) is 0 Å². The number of carbonyl (C=O) groups is 1. The maximum Gasteiger partial charge on any atom is 0.261 e. The molecule has 6 heteroatoms. The molecule has 0 heterocycles. The second-order valence-corrected chi connectivity index (χ2v) is 9.32. The minimum Gasteiger partial charge on any atom is -0.341 e. The van der Waals surface area contributed by atoms with Crippen molar-refractivity contribution in [1.29, 1.82) is 0 Å². The highest BCUT2D eigenvalue weighted by Crippen LogP contribution is 2.25. The lowest BCUT2D eigenvalue weighted by molar-refractivity contribution is 0.0760. The first-order valence-electron chi connectivity index (χ1n) is 9.81. The second-order valence-electron chi connectivity index (χ2n) is 7.63. The Labute approximate surface area is 167 Å². The molecule has 1 amide bonds. The first-order chi connectivity index (χ1) is 13.4. The number of aryl methyl sites for hydroxylation is 1. The first-order valence-corrected chi connectivity index (χ1v) is 11.3. The van der Waals surface area contributed by atoms with Crippen LogP contribution in [-0.4, -0.2) is 32.8 Å². The van der Waals surface area contributed by atoms with Gasteiger partial charge >= 0.3 is 0 Å². The monoisotopic (exact) mass is 400 g/mol. The summed E-state index contributed by atoms with van der Waals surface area (Å²) in [6.45, 7) is 2.61. The third-order valence-corrected chi connectivity index (χ3v) is 6.79. The number of amides is 1. The molecule has 0 saturated heterocycles. The SMILES string of the molecule is Cc1ccccc1NS(=O)(=O)c1ccc(C(=O)N(C)CC2CCCCC2)cc1. The van der Waals surface area contributed by atoms with Gasteiger partial charge in [0.1, 0.15) is 0 Å². The van der Waals surface area contributed by atoms with Crippen molar-refractivity contribution in [2.75, 3.05) is 18.3 Å². The first kappa shape index (κ1) is 20.4. The molecule has 0 unspecified atom stereocenters. The predicted molar refractivity (Wildman–Crippen MR) is 112 cm³/mol. The van der Waals surface area contributed by atoms with E-state index in [1.165, 1.54) is 44.2 Å². The van der Waals surface area contributed by atoms with Gasteiger partial charge in [-0.3, -0.25) is 9.52 Å². The van der Waals surface area contributed by atoms with Crippen molar-refractivity contribution in [2.24, 2.45) is 5.92 Å². The van der Waals surface area contributed by atoms with Crippen LogP contribution >= 0.6 is 0 Å². The number of benzene rings is 2. The van der Waals surface area contributed by atoms with Crippen molar-refractivity contribution in [3.8, 4) is 0 Å². The van der Waals surface area contributed by atoms with E-state index in [9.17, 15) is 13.2 Å². The molecule has 1 saturated carbocycles. The van der Waals surface area contributed by atoms with Crippen LogP contribution in [0.4, 0.5) is 5.69 Å². The van der Waals surface area contributed by atoms with Crippen LogP contribution in [0.2, 0.25) is 0 Å². The molecular weight excluding hydrogens is 372 g/mol. The molecule has 5 nitrogen and oxygen atoms in total. The number of sulfonamides is 1. The van der Waals surface area contributed by atoms with Crippen LogP contribution in [0.5, 0.6) is 0 Å². The number of anilines is 1. The molecule has 3 rings (SSSR count). The average molecular weight is 401 g/mol. The van der Waals surface area contributed by atoms with Gasteiger partial charge in [-0.05, 0) is 61.6 Å². The van der Waals surface area contributed by atoms with Crippen molar-refractivity contribution in [1.82, 2.24) is 4.90 Å². The van der Waals surface area contributed by atoms with Crippen LogP contribution in [-0.2, 0) is 10.0 Å². The summed E-state index contributed by atoms with van der Waals surface area (Å²) in [5, 5.41) is 0. The lowest BCUT2D eigenvalue weighted by atomic mass is 9.89. The van der Waals surface area contributed by atoms with E-state index >= 15 is 0 Å². The van der Waals surface area contributed by atoms with Gasteiger partial charge in [0.05, 0.1) is 10.6 Å². The number of nitrogens with zero attached hydrogens (tertiary/aromatic N) is 1. The largest absolute Gasteiger partial charge is 0.341 e.